The normalized spacial score (nSPS) is 10.8. The molecule has 0 bridgehead atoms. The van der Waals surface area contributed by atoms with Gasteiger partial charge in [0, 0.05) is 6.42 Å². The highest BCUT2D eigenvalue weighted by Crippen LogP contribution is 2.12. The van der Waals surface area contributed by atoms with Crippen molar-refractivity contribution in [2.75, 3.05) is 5.75 Å². The molecule has 1 amide bonds. The summed E-state index contributed by atoms with van der Waals surface area (Å²) in [6.07, 6.45) is 17.7. The smallest absolute Gasteiger partial charge is 0.217 e. The Hall–Kier alpha value is -0.180. The van der Waals surface area contributed by atoms with Gasteiger partial charge in [-0.15, -0.1) is 0 Å². The number of nitrogens with two attached hydrogens (primary N) is 1. The Balaban J connectivity index is 2.93. The number of thiol groups is 1. The highest BCUT2D eigenvalue weighted by Gasteiger charge is 1.95. The molecule has 114 valence electrons. The van der Waals surface area contributed by atoms with E-state index in [9.17, 15) is 4.79 Å². The lowest BCUT2D eigenvalue weighted by Crippen LogP contribution is -2.09. The topological polar surface area (TPSA) is 43.1 Å². The van der Waals surface area contributed by atoms with Gasteiger partial charge in [-0.05, 0) is 18.6 Å². The van der Waals surface area contributed by atoms with Gasteiger partial charge in [0.05, 0.1) is 0 Å². The Kier molecular flexibility index (Phi) is 15.7. The van der Waals surface area contributed by atoms with Crippen LogP contribution in [0.25, 0.3) is 0 Å². The molecule has 3 heteroatoms. The first-order chi connectivity index (χ1) is 9.27. The summed E-state index contributed by atoms with van der Waals surface area (Å²) in [4.78, 5) is 10.5. The fraction of sp³-hybridized carbons (Fsp3) is 0.938. The summed E-state index contributed by atoms with van der Waals surface area (Å²) in [6.45, 7) is 0. The van der Waals surface area contributed by atoms with Crippen LogP contribution < -0.4 is 5.73 Å². The molecule has 0 aromatic carbocycles. The fourth-order valence-electron chi connectivity index (χ4n) is 2.36. The van der Waals surface area contributed by atoms with Gasteiger partial charge < -0.3 is 5.73 Å². The van der Waals surface area contributed by atoms with Gasteiger partial charge >= 0.3 is 0 Å². The van der Waals surface area contributed by atoms with E-state index in [1.807, 2.05) is 0 Å². The molecular formula is C16H33NOS. The van der Waals surface area contributed by atoms with Crippen molar-refractivity contribution >= 4 is 18.5 Å². The molecule has 0 fully saturated rings. The van der Waals surface area contributed by atoms with Crippen LogP contribution in [0.2, 0.25) is 0 Å². The molecule has 0 unspecified atom stereocenters. The standard InChI is InChI=1S/C16H33NOS/c17-16(18)14-12-10-8-6-4-2-1-3-5-7-9-11-13-15-19/h19H,1-15H2,(H2,17,18). The molecule has 0 saturated carbocycles. The number of hydrogen-bond acceptors (Lipinski definition) is 2. The number of carbonyl (C=O) groups excluding carboxylic acids is 1. The number of primary amides is 1. The first-order valence-electron chi connectivity index (χ1n) is 8.16. The van der Waals surface area contributed by atoms with Crippen LogP contribution in [-0.4, -0.2) is 11.7 Å². The van der Waals surface area contributed by atoms with Crippen LogP contribution in [-0.2, 0) is 4.79 Å². The largest absolute Gasteiger partial charge is 0.370 e. The number of unbranched alkanes of at least 4 members (excludes halogenated alkanes) is 12. The zero-order valence-electron chi connectivity index (χ0n) is 12.5. The molecule has 0 atom stereocenters. The van der Waals surface area contributed by atoms with Crippen molar-refractivity contribution in [1.82, 2.24) is 0 Å². The maximum absolute atomic E-state index is 10.5. The van der Waals surface area contributed by atoms with Crippen LogP contribution >= 0.6 is 12.6 Å². The minimum Gasteiger partial charge on any atom is -0.370 e. The van der Waals surface area contributed by atoms with Crippen molar-refractivity contribution in [3.63, 3.8) is 0 Å². The van der Waals surface area contributed by atoms with Gasteiger partial charge in [0.25, 0.3) is 0 Å². The number of hydrogen-bond donors (Lipinski definition) is 2. The summed E-state index contributed by atoms with van der Waals surface area (Å²) < 4.78 is 0. The van der Waals surface area contributed by atoms with Crippen molar-refractivity contribution in [2.24, 2.45) is 5.73 Å². The van der Waals surface area contributed by atoms with Crippen molar-refractivity contribution in [1.29, 1.82) is 0 Å². The van der Waals surface area contributed by atoms with Gasteiger partial charge in [-0.2, -0.15) is 12.6 Å². The van der Waals surface area contributed by atoms with Crippen molar-refractivity contribution in [2.45, 2.75) is 89.9 Å². The maximum atomic E-state index is 10.5. The molecule has 2 N–H and O–H groups in total. The number of amides is 1. The summed E-state index contributed by atoms with van der Waals surface area (Å²) in [7, 11) is 0. The third-order valence-corrected chi connectivity index (χ3v) is 3.90. The Labute approximate surface area is 125 Å². The molecule has 19 heavy (non-hydrogen) atoms. The Bertz CT molecular complexity index is 197. The molecule has 0 rings (SSSR count). The van der Waals surface area contributed by atoms with E-state index in [1.165, 1.54) is 70.6 Å². The molecule has 0 aromatic heterocycles. The quantitative estimate of drug-likeness (QED) is 0.328. The second-order valence-corrected chi connectivity index (χ2v) is 5.98. The highest BCUT2D eigenvalue weighted by atomic mass is 32.1. The van der Waals surface area contributed by atoms with Gasteiger partial charge in [-0.25, -0.2) is 0 Å². The minimum atomic E-state index is -0.158. The molecule has 0 aliphatic rings. The third kappa shape index (κ3) is 17.8. The predicted octanol–water partition coefficient (Wildman–Crippen LogP) is 4.86. The van der Waals surface area contributed by atoms with Crippen LogP contribution in [0.1, 0.15) is 89.9 Å². The Morgan fingerprint density at radius 3 is 1.26 bits per heavy atom. The number of carbonyl (C=O) groups is 1. The summed E-state index contributed by atoms with van der Waals surface area (Å²) in [5, 5.41) is 0. The molecule has 0 saturated heterocycles. The van der Waals surface area contributed by atoms with Crippen LogP contribution in [0, 0.1) is 0 Å². The average molecular weight is 288 g/mol. The van der Waals surface area contributed by atoms with Crippen LogP contribution in [0.5, 0.6) is 0 Å². The molecule has 0 aromatic rings. The zero-order chi connectivity index (χ0) is 14.2. The van der Waals surface area contributed by atoms with Crippen LogP contribution in [0.15, 0.2) is 0 Å². The minimum absolute atomic E-state index is 0.158. The second-order valence-electron chi connectivity index (χ2n) is 5.54. The van der Waals surface area contributed by atoms with E-state index in [0.29, 0.717) is 6.42 Å². The summed E-state index contributed by atoms with van der Waals surface area (Å²) in [6, 6.07) is 0. The van der Waals surface area contributed by atoms with Crippen LogP contribution in [0.3, 0.4) is 0 Å². The summed E-state index contributed by atoms with van der Waals surface area (Å²) in [5.41, 5.74) is 5.10. The lowest BCUT2D eigenvalue weighted by atomic mass is 10.0. The van der Waals surface area contributed by atoms with Crippen molar-refractivity contribution in [3.05, 3.63) is 0 Å². The zero-order valence-corrected chi connectivity index (χ0v) is 13.4. The number of rotatable bonds is 15. The average Bonchev–Trinajstić information content (AvgIpc) is 2.39. The highest BCUT2D eigenvalue weighted by molar-refractivity contribution is 7.80. The predicted molar refractivity (Wildman–Crippen MR) is 87.7 cm³/mol. The van der Waals surface area contributed by atoms with E-state index in [4.69, 9.17) is 5.73 Å². The molecule has 2 nitrogen and oxygen atoms in total. The van der Waals surface area contributed by atoms with Gasteiger partial charge in [0.15, 0.2) is 0 Å². The lowest BCUT2D eigenvalue weighted by molar-refractivity contribution is -0.118. The van der Waals surface area contributed by atoms with Crippen molar-refractivity contribution < 1.29 is 4.79 Å². The molecule has 0 aliphatic carbocycles. The molecular weight excluding hydrogens is 254 g/mol. The van der Waals surface area contributed by atoms with Gasteiger partial charge in [-0.3, -0.25) is 4.79 Å². The molecule has 0 heterocycles. The fourth-order valence-corrected chi connectivity index (χ4v) is 2.58. The third-order valence-electron chi connectivity index (χ3n) is 3.58. The van der Waals surface area contributed by atoms with Gasteiger partial charge in [-0.1, -0.05) is 70.6 Å². The summed E-state index contributed by atoms with van der Waals surface area (Å²) >= 11 is 4.22. The Morgan fingerprint density at radius 1 is 0.632 bits per heavy atom. The first-order valence-corrected chi connectivity index (χ1v) is 8.80. The second kappa shape index (κ2) is 15.9. The van der Waals surface area contributed by atoms with E-state index in [1.54, 1.807) is 0 Å². The van der Waals surface area contributed by atoms with E-state index in [-0.39, 0.29) is 5.91 Å². The van der Waals surface area contributed by atoms with E-state index in [2.05, 4.69) is 12.6 Å². The van der Waals surface area contributed by atoms with Gasteiger partial charge in [0.1, 0.15) is 0 Å². The SMILES string of the molecule is NC(=O)CCCCCCCCCCCCCCCS. The molecule has 0 spiro atoms. The van der Waals surface area contributed by atoms with Crippen molar-refractivity contribution in [3.8, 4) is 0 Å². The molecule has 0 radical (unpaired) electrons. The lowest BCUT2D eigenvalue weighted by Gasteiger charge is -2.02. The van der Waals surface area contributed by atoms with Gasteiger partial charge in [0.2, 0.25) is 5.91 Å². The first kappa shape index (κ1) is 18.8. The Morgan fingerprint density at radius 2 is 0.947 bits per heavy atom. The van der Waals surface area contributed by atoms with E-state index in [0.717, 1.165) is 18.6 Å². The van der Waals surface area contributed by atoms with Crippen LogP contribution in [0.4, 0.5) is 0 Å². The van der Waals surface area contributed by atoms with E-state index >= 15 is 0 Å². The molecule has 0 aliphatic heterocycles. The summed E-state index contributed by atoms with van der Waals surface area (Å²) in [5.74, 6) is 0.883. The monoisotopic (exact) mass is 287 g/mol. The van der Waals surface area contributed by atoms with E-state index < -0.39 is 0 Å². The maximum Gasteiger partial charge on any atom is 0.217 e.